The van der Waals surface area contributed by atoms with Gasteiger partial charge in [-0.2, -0.15) is 5.10 Å². The average Bonchev–Trinajstić information content (AvgIpc) is 2.88. The quantitative estimate of drug-likeness (QED) is 0.897. The van der Waals surface area contributed by atoms with Gasteiger partial charge in [0.2, 0.25) is 0 Å². The van der Waals surface area contributed by atoms with Gasteiger partial charge >= 0.3 is 0 Å². The Kier molecular flexibility index (Phi) is 4.14. The molecule has 5 nitrogen and oxygen atoms in total. The van der Waals surface area contributed by atoms with Crippen LogP contribution in [0, 0.1) is 6.92 Å². The van der Waals surface area contributed by atoms with Gasteiger partial charge in [0.1, 0.15) is 11.5 Å². The lowest BCUT2D eigenvalue weighted by atomic mass is 10.2. The fourth-order valence-electron chi connectivity index (χ4n) is 2.18. The molecule has 2 rings (SSSR count). The highest BCUT2D eigenvalue weighted by atomic mass is 15.3. The van der Waals surface area contributed by atoms with E-state index in [1.807, 2.05) is 17.8 Å². The smallest absolute Gasteiger partial charge is 0.180 e. The Morgan fingerprint density at radius 1 is 1.26 bits per heavy atom. The maximum Gasteiger partial charge on any atom is 0.180 e. The average molecular weight is 259 g/mol. The third-order valence-corrected chi connectivity index (χ3v) is 3.20. The minimum Gasteiger partial charge on any atom is -0.373 e. The molecule has 5 heteroatoms. The summed E-state index contributed by atoms with van der Waals surface area (Å²) in [7, 11) is 1.89. The minimum atomic E-state index is 0.748. The van der Waals surface area contributed by atoms with E-state index in [0.717, 1.165) is 48.0 Å². The Labute approximate surface area is 114 Å². The number of hydrogen-bond acceptors (Lipinski definition) is 4. The van der Waals surface area contributed by atoms with Crippen molar-refractivity contribution in [2.75, 3.05) is 12.4 Å². The molecule has 2 heterocycles. The Balaban J connectivity index is 2.52. The Morgan fingerprint density at radius 2 is 2.05 bits per heavy atom. The van der Waals surface area contributed by atoms with Crippen LogP contribution in [0.2, 0.25) is 0 Å². The molecule has 0 fully saturated rings. The first-order chi connectivity index (χ1) is 9.21. The molecule has 0 aliphatic heterocycles. The van der Waals surface area contributed by atoms with Crippen LogP contribution in [0.3, 0.4) is 0 Å². The van der Waals surface area contributed by atoms with Crippen LogP contribution in [0.1, 0.15) is 31.5 Å². The summed E-state index contributed by atoms with van der Waals surface area (Å²) in [6, 6.07) is 1.97. The molecule has 0 amide bonds. The van der Waals surface area contributed by atoms with Gasteiger partial charge in [-0.15, -0.1) is 0 Å². The first-order valence-electron chi connectivity index (χ1n) is 6.78. The van der Waals surface area contributed by atoms with Crippen molar-refractivity contribution in [3.05, 3.63) is 23.5 Å². The monoisotopic (exact) mass is 259 g/mol. The highest BCUT2D eigenvalue weighted by molar-refractivity contribution is 5.56. The number of nitrogens with zero attached hydrogens (tertiary/aromatic N) is 4. The largest absolute Gasteiger partial charge is 0.373 e. The molecule has 0 unspecified atom stereocenters. The SMILES string of the molecule is CCCn1nccc1-c1nc(CC)c(C)c(NC)n1. The number of rotatable bonds is 5. The second-order valence-corrected chi connectivity index (χ2v) is 4.51. The molecule has 102 valence electrons. The van der Waals surface area contributed by atoms with Gasteiger partial charge in [-0.25, -0.2) is 9.97 Å². The van der Waals surface area contributed by atoms with E-state index in [1.54, 1.807) is 6.20 Å². The highest BCUT2D eigenvalue weighted by Crippen LogP contribution is 2.22. The summed E-state index contributed by atoms with van der Waals surface area (Å²) in [5, 5.41) is 7.47. The van der Waals surface area contributed by atoms with Crippen molar-refractivity contribution in [1.82, 2.24) is 19.7 Å². The maximum absolute atomic E-state index is 4.67. The fourth-order valence-corrected chi connectivity index (χ4v) is 2.18. The van der Waals surface area contributed by atoms with Crippen molar-refractivity contribution in [1.29, 1.82) is 0 Å². The van der Waals surface area contributed by atoms with Crippen LogP contribution in [0.4, 0.5) is 5.82 Å². The maximum atomic E-state index is 4.67. The molecule has 0 radical (unpaired) electrons. The van der Waals surface area contributed by atoms with Gasteiger partial charge in [-0.05, 0) is 25.8 Å². The summed E-state index contributed by atoms with van der Waals surface area (Å²) >= 11 is 0. The highest BCUT2D eigenvalue weighted by Gasteiger charge is 2.13. The third-order valence-electron chi connectivity index (χ3n) is 3.20. The zero-order chi connectivity index (χ0) is 13.8. The molecule has 1 N–H and O–H groups in total. The van der Waals surface area contributed by atoms with Crippen molar-refractivity contribution in [3.63, 3.8) is 0 Å². The molecule has 0 aromatic carbocycles. The second kappa shape index (κ2) is 5.82. The van der Waals surface area contributed by atoms with Crippen LogP contribution in [0.15, 0.2) is 12.3 Å². The van der Waals surface area contributed by atoms with Crippen LogP contribution < -0.4 is 5.32 Å². The summed E-state index contributed by atoms with van der Waals surface area (Å²) in [6.07, 6.45) is 3.75. The number of nitrogens with one attached hydrogen (secondary N) is 1. The van der Waals surface area contributed by atoms with Gasteiger partial charge in [-0.1, -0.05) is 13.8 Å². The Bertz CT molecular complexity index is 534. The minimum absolute atomic E-state index is 0.748. The normalized spacial score (nSPS) is 10.7. The molecule has 2 aromatic heterocycles. The van der Waals surface area contributed by atoms with Gasteiger partial charge in [0.15, 0.2) is 5.82 Å². The molecule has 0 aliphatic carbocycles. The summed E-state index contributed by atoms with van der Waals surface area (Å²) < 4.78 is 1.96. The van der Waals surface area contributed by atoms with Crippen molar-refractivity contribution in [3.8, 4) is 11.5 Å². The van der Waals surface area contributed by atoms with Gasteiger partial charge in [0.05, 0.1) is 0 Å². The van der Waals surface area contributed by atoms with Crippen LogP contribution in [0.5, 0.6) is 0 Å². The van der Waals surface area contributed by atoms with Crippen LogP contribution >= 0.6 is 0 Å². The second-order valence-electron chi connectivity index (χ2n) is 4.51. The molecule has 2 aromatic rings. The lowest BCUT2D eigenvalue weighted by molar-refractivity contribution is 0.606. The number of hydrogen-bond donors (Lipinski definition) is 1. The third kappa shape index (κ3) is 2.59. The zero-order valence-electron chi connectivity index (χ0n) is 12.1. The van der Waals surface area contributed by atoms with E-state index in [1.165, 1.54) is 0 Å². The Morgan fingerprint density at radius 3 is 2.68 bits per heavy atom. The Hall–Kier alpha value is -1.91. The summed E-state index contributed by atoms with van der Waals surface area (Å²) in [5.41, 5.74) is 3.18. The van der Waals surface area contributed by atoms with E-state index in [4.69, 9.17) is 0 Å². The van der Waals surface area contributed by atoms with Crippen molar-refractivity contribution in [2.45, 2.75) is 40.2 Å². The molecule has 0 saturated heterocycles. The zero-order valence-corrected chi connectivity index (χ0v) is 12.1. The molecule has 0 aliphatic rings. The standard InChI is InChI=1S/C14H21N5/c1-5-9-19-12(7-8-16-19)14-17-11(6-2)10(3)13(15-4)18-14/h7-8H,5-6,9H2,1-4H3,(H,15,17,18). The summed E-state index contributed by atoms with van der Waals surface area (Å²) in [5.74, 6) is 1.64. The molecule has 0 bridgehead atoms. The van der Waals surface area contributed by atoms with E-state index >= 15 is 0 Å². The fraction of sp³-hybridized carbons (Fsp3) is 0.500. The van der Waals surface area contributed by atoms with Gasteiger partial charge in [-0.3, -0.25) is 4.68 Å². The molecule has 0 saturated carbocycles. The van der Waals surface area contributed by atoms with Gasteiger partial charge in [0, 0.05) is 31.0 Å². The van der Waals surface area contributed by atoms with E-state index in [9.17, 15) is 0 Å². The first kappa shape index (κ1) is 13.5. The van der Waals surface area contributed by atoms with Crippen LogP contribution in [0.25, 0.3) is 11.5 Å². The van der Waals surface area contributed by atoms with E-state index in [-0.39, 0.29) is 0 Å². The molecule has 0 atom stereocenters. The lowest BCUT2D eigenvalue weighted by Crippen LogP contribution is -2.08. The predicted molar refractivity (Wildman–Crippen MR) is 77.2 cm³/mol. The molecule has 19 heavy (non-hydrogen) atoms. The molecule has 0 spiro atoms. The van der Waals surface area contributed by atoms with Gasteiger partial charge in [0.25, 0.3) is 0 Å². The van der Waals surface area contributed by atoms with Crippen LogP contribution in [-0.4, -0.2) is 26.8 Å². The lowest BCUT2D eigenvalue weighted by Gasteiger charge is -2.12. The van der Waals surface area contributed by atoms with Crippen molar-refractivity contribution >= 4 is 5.82 Å². The number of aryl methyl sites for hydroxylation is 2. The predicted octanol–water partition coefficient (Wildman–Crippen LogP) is 2.66. The first-order valence-corrected chi connectivity index (χ1v) is 6.78. The van der Waals surface area contributed by atoms with E-state index in [0.29, 0.717) is 0 Å². The topological polar surface area (TPSA) is 55.6 Å². The molecular formula is C14H21N5. The summed E-state index contributed by atoms with van der Waals surface area (Å²) in [6.45, 7) is 7.19. The van der Waals surface area contributed by atoms with E-state index < -0.39 is 0 Å². The summed E-state index contributed by atoms with van der Waals surface area (Å²) in [4.78, 5) is 9.27. The number of anilines is 1. The van der Waals surface area contributed by atoms with Crippen molar-refractivity contribution in [2.24, 2.45) is 0 Å². The number of aromatic nitrogens is 4. The van der Waals surface area contributed by atoms with E-state index in [2.05, 4.69) is 41.2 Å². The molecular weight excluding hydrogens is 238 g/mol. The van der Waals surface area contributed by atoms with Crippen LogP contribution in [-0.2, 0) is 13.0 Å². The van der Waals surface area contributed by atoms with Gasteiger partial charge < -0.3 is 5.32 Å². The van der Waals surface area contributed by atoms with Crippen molar-refractivity contribution < 1.29 is 0 Å².